The number of hydrogen-bond acceptors (Lipinski definition) is 3. The highest BCUT2D eigenvalue weighted by molar-refractivity contribution is 5.97. The average molecular weight is 511 g/mol. The fourth-order valence-corrected chi connectivity index (χ4v) is 5.15. The zero-order valence-electron chi connectivity index (χ0n) is 20.5. The molecule has 1 aromatic heterocycles. The second-order valence-electron chi connectivity index (χ2n) is 9.54. The van der Waals surface area contributed by atoms with Gasteiger partial charge in [-0.3, -0.25) is 14.6 Å². The lowest BCUT2D eigenvalue weighted by Gasteiger charge is -2.24. The monoisotopic (exact) mass is 510 g/mol. The normalized spacial score (nSPS) is 14.6. The lowest BCUT2D eigenvalue weighted by molar-refractivity contribution is -0.137. The minimum absolute atomic E-state index is 0.00962. The standard InChI is InChI=1S/C29H29F3N2O3/c1-17-18(10-12-26(35)36)7-4-8-25(17)34-29(37)27(19-5-2-3-6-19)20-9-11-23(24(30)14-20)21-13-22(28(31)32)16-33-15-21/h4,7-9,11,13-16,19,27-28H,2-3,5-6,10,12H2,1H3,(H,34,37)(H,35,36). The van der Waals surface area contributed by atoms with Gasteiger partial charge >= 0.3 is 5.97 Å². The van der Waals surface area contributed by atoms with Crippen LogP contribution < -0.4 is 5.32 Å². The van der Waals surface area contributed by atoms with Gasteiger partial charge in [0.25, 0.3) is 6.43 Å². The van der Waals surface area contributed by atoms with Gasteiger partial charge < -0.3 is 10.4 Å². The molecule has 1 heterocycles. The van der Waals surface area contributed by atoms with Gasteiger partial charge in [-0.25, -0.2) is 13.2 Å². The highest BCUT2D eigenvalue weighted by Gasteiger charge is 2.33. The molecule has 1 saturated carbocycles. The zero-order chi connectivity index (χ0) is 26.5. The molecule has 194 valence electrons. The van der Waals surface area contributed by atoms with Gasteiger partial charge in [-0.1, -0.05) is 37.1 Å². The average Bonchev–Trinajstić information content (AvgIpc) is 3.39. The van der Waals surface area contributed by atoms with E-state index in [1.165, 1.54) is 24.4 Å². The highest BCUT2D eigenvalue weighted by atomic mass is 19.3. The van der Waals surface area contributed by atoms with Crippen LogP contribution in [0.15, 0.2) is 54.9 Å². The molecule has 5 nitrogen and oxygen atoms in total. The van der Waals surface area contributed by atoms with Crippen LogP contribution in [-0.2, 0) is 16.0 Å². The molecule has 0 bridgehead atoms. The van der Waals surface area contributed by atoms with Crippen LogP contribution in [0.1, 0.15) is 66.7 Å². The van der Waals surface area contributed by atoms with E-state index < -0.39 is 24.1 Å². The van der Waals surface area contributed by atoms with Gasteiger partial charge in [0, 0.05) is 41.2 Å². The number of nitrogens with one attached hydrogen (secondary N) is 1. The summed E-state index contributed by atoms with van der Waals surface area (Å²) < 4.78 is 41.5. The van der Waals surface area contributed by atoms with Crippen molar-refractivity contribution >= 4 is 17.6 Å². The van der Waals surface area contributed by atoms with Crippen molar-refractivity contribution < 1.29 is 27.9 Å². The Balaban J connectivity index is 1.62. The molecular weight excluding hydrogens is 481 g/mol. The number of carboxylic acid groups (broad SMARTS) is 1. The predicted octanol–water partition coefficient (Wildman–Crippen LogP) is 7.06. The first-order chi connectivity index (χ1) is 17.7. The number of carbonyl (C=O) groups excluding carboxylic acids is 1. The Bertz CT molecular complexity index is 1290. The van der Waals surface area contributed by atoms with Gasteiger partial charge in [-0.2, -0.15) is 0 Å². The molecule has 0 radical (unpaired) electrons. The molecular formula is C29H29F3N2O3. The molecule has 8 heteroatoms. The second kappa shape index (κ2) is 11.6. The van der Waals surface area contributed by atoms with Crippen LogP contribution in [0.5, 0.6) is 0 Å². The number of alkyl halides is 2. The first-order valence-electron chi connectivity index (χ1n) is 12.4. The first-order valence-corrected chi connectivity index (χ1v) is 12.4. The number of carbonyl (C=O) groups is 2. The van der Waals surface area contributed by atoms with E-state index in [-0.39, 0.29) is 34.9 Å². The van der Waals surface area contributed by atoms with Gasteiger partial charge in [0.05, 0.1) is 5.92 Å². The third-order valence-corrected chi connectivity index (χ3v) is 7.14. The lowest BCUT2D eigenvalue weighted by atomic mass is 9.83. The molecule has 0 spiro atoms. The quantitative estimate of drug-likeness (QED) is 0.323. The molecule has 37 heavy (non-hydrogen) atoms. The number of anilines is 1. The van der Waals surface area contributed by atoms with E-state index in [1.807, 2.05) is 13.0 Å². The smallest absolute Gasteiger partial charge is 0.303 e. The fourth-order valence-electron chi connectivity index (χ4n) is 5.15. The van der Waals surface area contributed by atoms with Crippen molar-refractivity contribution in [3.05, 3.63) is 82.9 Å². The van der Waals surface area contributed by atoms with Crippen LogP contribution in [0, 0.1) is 18.7 Å². The van der Waals surface area contributed by atoms with Crippen molar-refractivity contribution in [1.82, 2.24) is 4.98 Å². The Hall–Kier alpha value is -3.68. The summed E-state index contributed by atoms with van der Waals surface area (Å²) in [5.74, 6) is -2.28. The number of carboxylic acids is 1. The molecule has 1 amide bonds. The molecule has 1 unspecified atom stereocenters. The van der Waals surface area contributed by atoms with Gasteiger partial charge in [0.2, 0.25) is 5.91 Å². The summed E-state index contributed by atoms with van der Waals surface area (Å²) in [6.07, 6.45) is 3.70. The number of hydrogen-bond donors (Lipinski definition) is 2. The molecule has 2 N–H and O–H groups in total. The van der Waals surface area contributed by atoms with E-state index >= 15 is 4.39 Å². The first kappa shape index (κ1) is 26.4. The van der Waals surface area contributed by atoms with Crippen LogP contribution in [0.3, 0.4) is 0 Å². The van der Waals surface area contributed by atoms with E-state index in [0.717, 1.165) is 43.0 Å². The Labute approximate surface area is 213 Å². The van der Waals surface area contributed by atoms with Gasteiger partial charge in [-0.15, -0.1) is 0 Å². The number of halogens is 3. The SMILES string of the molecule is Cc1c(CCC(=O)O)cccc1NC(=O)C(c1ccc(-c2cncc(C(F)F)c2)c(F)c1)C1CCCC1. The number of pyridine rings is 1. The number of nitrogens with zero attached hydrogens (tertiary/aromatic N) is 1. The zero-order valence-corrected chi connectivity index (χ0v) is 20.5. The maximum Gasteiger partial charge on any atom is 0.303 e. The number of aliphatic carboxylic acids is 1. The van der Waals surface area contributed by atoms with E-state index in [4.69, 9.17) is 5.11 Å². The minimum atomic E-state index is -2.71. The molecule has 1 atom stereocenters. The second-order valence-corrected chi connectivity index (χ2v) is 9.54. The molecule has 1 fully saturated rings. The van der Waals surface area contributed by atoms with E-state index in [9.17, 15) is 18.4 Å². The van der Waals surface area contributed by atoms with Crippen molar-refractivity contribution in [3.8, 4) is 11.1 Å². The molecule has 0 aliphatic heterocycles. The summed E-state index contributed by atoms with van der Waals surface area (Å²) in [5.41, 5.74) is 2.88. The van der Waals surface area contributed by atoms with Crippen molar-refractivity contribution in [2.75, 3.05) is 5.32 Å². The van der Waals surface area contributed by atoms with Crippen molar-refractivity contribution in [1.29, 1.82) is 0 Å². The largest absolute Gasteiger partial charge is 0.481 e. The third kappa shape index (κ3) is 6.18. The molecule has 2 aromatic carbocycles. The number of rotatable bonds is 9. The number of amides is 1. The number of aromatic nitrogens is 1. The van der Waals surface area contributed by atoms with Crippen molar-refractivity contribution in [3.63, 3.8) is 0 Å². The summed E-state index contributed by atoms with van der Waals surface area (Å²) in [6.45, 7) is 1.84. The van der Waals surface area contributed by atoms with Crippen LogP contribution in [0.4, 0.5) is 18.9 Å². The van der Waals surface area contributed by atoms with E-state index in [1.54, 1.807) is 18.2 Å². The maximum atomic E-state index is 15.3. The number of aryl methyl sites for hydroxylation is 1. The molecule has 4 rings (SSSR count). The van der Waals surface area contributed by atoms with E-state index in [0.29, 0.717) is 17.7 Å². The Kier molecular flexibility index (Phi) is 8.26. The fraction of sp³-hybridized carbons (Fsp3) is 0.345. The Morgan fingerprint density at radius 2 is 1.84 bits per heavy atom. The van der Waals surface area contributed by atoms with Crippen LogP contribution in [0.2, 0.25) is 0 Å². The molecule has 1 aliphatic carbocycles. The summed E-state index contributed by atoms with van der Waals surface area (Å²) in [6, 6.07) is 11.1. The van der Waals surface area contributed by atoms with Gasteiger partial charge in [0.1, 0.15) is 5.82 Å². The van der Waals surface area contributed by atoms with Gasteiger partial charge in [0.15, 0.2) is 0 Å². The predicted molar refractivity (Wildman–Crippen MR) is 135 cm³/mol. The minimum Gasteiger partial charge on any atom is -0.481 e. The summed E-state index contributed by atoms with van der Waals surface area (Å²) >= 11 is 0. The van der Waals surface area contributed by atoms with Gasteiger partial charge in [-0.05, 0) is 67.0 Å². The van der Waals surface area contributed by atoms with Crippen molar-refractivity contribution in [2.24, 2.45) is 5.92 Å². The Morgan fingerprint density at radius 1 is 1.08 bits per heavy atom. The lowest BCUT2D eigenvalue weighted by Crippen LogP contribution is -2.27. The summed E-state index contributed by atoms with van der Waals surface area (Å²) in [4.78, 5) is 28.4. The third-order valence-electron chi connectivity index (χ3n) is 7.14. The molecule has 1 aliphatic rings. The maximum absolute atomic E-state index is 15.3. The van der Waals surface area contributed by atoms with Crippen LogP contribution in [0.25, 0.3) is 11.1 Å². The topological polar surface area (TPSA) is 79.3 Å². The summed E-state index contributed by atoms with van der Waals surface area (Å²) in [5, 5.41) is 12.0. The molecule has 0 saturated heterocycles. The van der Waals surface area contributed by atoms with Crippen LogP contribution in [-0.4, -0.2) is 22.0 Å². The molecule has 3 aromatic rings. The Morgan fingerprint density at radius 3 is 2.51 bits per heavy atom. The summed E-state index contributed by atoms with van der Waals surface area (Å²) in [7, 11) is 0. The van der Waals surface area contributed by atoms with Crippen molar-refractivity contribution in [2.45, 2.75) is 57.8 Å². The highest BCUT2D eigenvalue weighted by Crippen LogP contribution is 2.39. The number of benzene rings is 2. The van der Waals surface area contributed by atoms with E-state index in [2.05, 4.69) is 10.3 Å². The van der Waals surface area contributed by atoms with Crippen LogP contribution >= 0.6 is 0 Å².